The lowest BCUT2D eigenvalue weighted by Gasteiger charge is -2.33. The quantitative estimate of drug-likeness (QED) is 0.307. The normalized spacial score (nSPS) is 14.9. The Labute approximate surface area is 233 Å². The van der Waals surface area contributed by atoms with Crippen molar-refractivity contribution in [2.24, 2.45) is 5.92 Å². The zero-order valence-electron chi connectivity index (χ0n) is 22.8. The number of nitrogens with one attached hydrogen (secondary N) is 2. The highest BCUT2D eigenvalue weighted by molar-refractivity contribution is 5.79. The summed E-state index contributed by atoms with van der Waals surface area (Å²) in [6.07, 6.45) is 7.07. The molecule has 1 aliphatic rings. The van der Waals surface area contributed by atoms with Crippen LogP contribution in [-0.4, -0.2) is 60.1 Å². The van der Waals surface area contributed by atoms with E-state index in [0.29, 0.717) is 42.0 Å². The number of anilines is 3. The third-order valence-corrected chi connectivity index (χ3v) is 6.82. The highest BCUT2D eigenvalue weighted by atomic mass is 16.5. The minimum atomic E-state index is -0.135. The van der Waals surface area contributed by atoms with Gasteiger partial charge in [0.05, 0.1) is 32.9 Å². The van der Waals surface area contributed by atoms with Gasteiger partial charge in [0.25, 0.3) is 0 Å². The molecule has 2 aromatic heterocycles. The van der Waals surface area contributed by atoms with Crippen molar-refractivity contribution < 1.29 is 19.0 Å². The number of carbonyl (C=O) groups excluding carboxylic acids is 1. The summed E-state index contributed by atoms with van der Waals surface area (Å²) in [7, 11) is 4.70. The van der Waals surface area contributed by atoms with Crippen molar-refractivity contribution in [3.63, 3.8) is 0 Å². The molecule has 3 heterocycles. The van der Waals surface area contributed by atoms with Gasteiger partial charge in [0, 0.05) is 56.0 Å². The lowest BCUT2D eigenvalue weighted by atomic mass is 9.97. The number of amides is 1. The van der Waals surface area contributed by atoms with Crippen molar-refractivity contribution >= 4 is 23.4 Å². The van der Waals surface area contributed by atoms with Gasteiger partial charge in [-0.15, -0.1) is 0 Å². The summed E-state index contributed by atoms with van der Waals surface area (Å²) >= 11 is 0. The van der Waals surface area contributed by atoms with Crippen molar-refractivity contribution in [3.8, 4) is 22.9 Å². The number of ether oxygens (including phenoxy) is 3. The number of nitrogens with zero attached hydrogens (tertiary/aromatic N) is 5. The number of carbonyl (C=O) groups is 1. The van der Waals surface area contributed by atoms with Crippen LogP contribution in [0.25, 0.3) is 5.69 Å². The summed E-state index contributed by atoms with van der Waals surface area (Å²) < 4.78 is 18.1. The van der Waals surface area contributed by atoms with Crippen LogP contribution in [-0.2, 0) is 11.3 Å². The SMILES string of the molecule is COc1cc(Nc2nccc(N3CCCC(C(=O)NCc4cccc(-n5cccn5)c4)C3)n2)cc(OC)c1OC. The van der Waals surface area contributed by atoms with Crippen molar-refractivity contribution in [2.75, 3.05) is 44.6 Å². The van der Waals surface area contributed by atoms with E-state index in [2.05, 4.69) is 25.6 Å². The maximum Gasteiger partial charge on any atom is 0.229 e. The van der Waals surface area contributed by atoms with Crippen LogP contribution >= 0.6 is 0 Å². The smallest absolute Gasteiger partial charge is 0.229 e. The summed E-state index contributed by atoms with van der Waals surface area (Å²) in [5, 5.41) is 10.6. The molecule has 40 heavy (non-hydrogen) atoms. The summed E-state index contributed by atoms with van der Waals surface area (Å²) in [6, 6.07) is 15.3. The Morgan fingerprint density at radius 2 is 1.85 bits per heavy atom. The molecule has 0 radical (unpaired) electrons. The molecule has 0 saturated carbocycles. The van der Waals surface area contributed by atoms with Crippen molar-refractivity contribution in [3.05, 3.63) is 72.7 Å². The third-order valence-electron chi connectivity index (χ3n) is 6.82. The molecule has 0 spiro atoms. The van der Waals surface area contributed by atoms with Gasteiger partial charge in [-0.2, -0.15) is 10.1 Å². The monoisotopic (exact) mass is 543 g/mol. The van der Waals surface area contributed by atoms with Crippen LogP contribution in [0.4, 0.5) is 17.5 Å². The molecule has 0 aliphatic carbocycles. The zero-order valence-corrected chi connectivity index (χ0v) is 22.8. The van der Waals surface area contributed by atoms with Crippen LogP contribution in [0.3, 0.4) is 0 Å². The summed E-state index contributed by atoms with van der Waals surface area (Å²) in [6.45, 7) is 1.86. The molecule has 1 aliphatic heterocycles. The van der Waals surface area contributed by atoms with E-state index < -0.39 is 0 Å². The van der Waals surface area contributed by atoms with Crippen LogP contribution in [0, 0.1) is 5.92 Å². The fourth-order valence-corrected chi connectivity index (χ4v) is 4.83. The Kier molecular flexibility index (Phi) is 8.29. The molecule has 11 nitrogen and oxygen atoms in total. The van der Waals surface area contributed by atoms with E-state index in [9.17, 15) is 4.79 Å². The number of rotatable bonds is 10. The Hall–Kier alpha value is -4.80. The number of aromatic nitrogens is 4. The highest BCUT2D eigenvalue weighted by Gasteiger charge is 2.26. The highest BCUT2D eigenvalue weighted by Crippen LogP contribution is 2.40. The minimum absolute atomic E-state index is 0.0408. The lowest BCUT2D eigenvalue weighted by molar-refractivity contribution is -0.125. The average molecular weight is 544 g/mol. The van der Waals surface area contributed by atoms with Gasteiger partial charge >= 0.3 is 0 Å². The van der Waals surface area contributed by atoms with Crippen molar-refractivity contribution in [1.29, 1.82) is 0 Å². The van der Waals surface area contributed by atoms with Crippen molar-refractivity contribution in [1.82, 2.24) is 25.1 Å². The molecule has 5 rings (SSSR count). The van der Waals surface area contributed by atoms with Gasteiger partial charge in [-0.05, 0) is 42.7 Å². The molecule has 11 heteroatoms. The third kappa shape index (κ3) is 6.09. The fraction of sp³-hybridized carbons (Fsp3) is 0.310. The first-order valence-electron chi connectivity index (χ1n) is 13.1. The second-order valence-electron chi connectivity index (χ2n) is 9.40. The summed E-state index contributed by atoms with van der Waals surface area (Å²) in [5.41, 5.74) is 2.67. The fourth-order valence-electron chi connectivity index (χ4n) is 4.83. The Morgan fingerprint density at radius 3 is 2.58 bits per heavy atom. The van der Waals surface area contributed by atoms with E-state index in [0.717, 1.165) is 36.5 Å². The van der Waals surface area contributed by atoms with Crippen LogP contribution in [0.2, 0.25) is 0 Å². The van der Waals surface area contributed by atoms with E-state index >= 15 is 0 Å². The second-order valence-corrected chi connectivity index (χ2v) is 9.40. The molecule has 1 fully saturated rings. The number of piperidine rings is 1. The Balaban J connectivity index is 1.22. The predicted octanol–water partition coefficient (Wildman–Crippen LogP) is 3.96. The molecule has 208 valence electrons. The molecule has 1 amide bonds. The maximum atomic E-state index is 13.1. The molecular weight excluding hydrogens is 510 g/mol. The van der Waals surface area contributed by atoms with Gasteiger partial charge in [-0.1, -0.05) is 12.1 Å². The number of methoxy groups -OCH3 is 3. The van der Waals surface area contributed by atoms with E-state index in [1.807, 2.05) is 42.6 Å². The topological polar surface area (TPSA) is 116 Å². The first kappa shape index (κ1) is 26.8. The van der Waals surface area contributed by atoms with E-state index in [1.165, 1.54) is 0 Å². The molecule has 1 atom stereocenters. The van der Waals surface area contributed by atoms with Crippen LogP contribution in [0.5, 0.6) is 17.2 Å². The Bertz CT molecular complexity index is 1420. The van der Waals surface area contributed by atoms with Crippen LogP contribution < -0.4 is 29.7 Å². The molecule has 2 aromatic carbocycles. The summed E-state index contributed by atoms with van der Waals surface area (Å²) in [5.74, 6) is 2.65. The first-order chi connectivity index (χ1) is 19.6. The van der Waals surface area contributed by atoms with Gasteiger partial charge in [0.15, 0.2) is 11.5 Å². The number of hydrogen-bond acceptors (Lipinski definition) is 9. The second kappa shape index (κ2) is 12.4. The molecule has 4 aromatic rings. The molecular formula is C29H33N7O4. The van der Waals surface area contributed by atoms with Gasteiger partial charge < -0.3 is 29.7 Å². The van der Waals surface area contributed by atoms with E-state index in [1.54, 1.807) is 50.5 Å². The largest absolute Gasteiger partial charge is 0.493 e. The predicted molar refractivity (Wildman–Crippen MR) is 152 cm³/mol. The van der Waals surface area contributed by atoms with Crippen LogP contribution in [0.1, 0.15) is 18.4 Å². The lowest BCUT2D eigenvalue weighted by Crippen LogP contribution is -2.43. The van der Waals surface area contributed by atoms with Gasteiger partial charge in [-0.25, -0.2) is 9.67 Å². The van der Waals surface area contributed by atoms with Crippen molar-refractivity contribution in [2.45, 2.75) is 19.4 Å². The molecule has 1 saturated heterocycles. The van der Waals surface area contributed by atoms with Gasteiger partial charge in [0.1, 0.15) is 5.82 Å². The summed E-state index contributed by atoms with van der Waals surface area (Å²) in [4.78, 5) is 24.3. The maximum absolute atomic E-state index is 13.1. The van der Waals surface area contributed by atoms with Gasteiger partial charge in [0.2, 0.25) is 17.6 Å². The number of hydrogen-bond donors (Lipinski definition) is 2. The first-order valence-corrected chi connectivity index (χ1v) is 13.1. The average Bonchev–Trinajstić information content (AvgIpc) is 3.55. The van der Waals surface area contributed by atoms with Crippen LogP contribution in [0.15, 0.2) is 67.1 Å². The molecule has 0 bridgehead atoms. The molecule has 1 unspecified atom stereocenters. The van der Waals surface area contributed by atoms with Gasteiger partial charge in [-0.3, -0.25) is 4.79 Å². The molecule has 2 N–H and O–H groups in total. The van der Waals surface area contributed by atoms with E-state index in [-0.39, 0.29) is 11.8 Å². The standard InChI is InChI=1S/C29H33N7O4/c1-38-24-16-22(17-25(39-2)27(24)40-3)33-29-30-12-10-26(34-29)35-13-5-8-21(19-35)28(37)31-18-20-7-4-9-23(15-20)36-14-6-11-32-36/h4,6-7,9-12,14-17,21H,5,8,13,18-19H2,1-3H3,(H,31,37)(H,30,33,34). The van der Waals surface area contributed by atoms with E-state index in [4.69, 9.17) is 19.2 Å². The zero-order chi connectivity index (χ0) is 27.9. The minimum Gasteiger partial charge on any atom is -0.493 e. The Morgan fingerprint density at radius 1 is 1.02 bits per heavy atom. The number of benzene rings is 2.